The van der Waals surface area contributed by atoms with Crippen molar-refractivity contribution in [3.63, 3.8) is 0 Å². The Hall–Kier alpha value is -4.94. The average Bonchev–Trinajstić information content (AvgIpc) is 3.73. The maximum absolute atomic E-state index is 13.8. The number of H-pyrrole nitrogens is 2. The Bertz CT molecular complexity index is 1510. The number of rotatable bonds is 15. The van der Waals surface area contributed by atoms with Crippen LogP contribution in [0.5, 0.6) is 0 Å². The van der Waals surface area contributed by atoms with Crippen LogP contribution in [0.4, 0.5) is 0 Å². The van der Waals surface area contributed by atoms with Gasteiger partial charge >= 0.3 is 0 Å². The van der Waals surface area contributed by atoms with Crippen LogP contribution in [-0.4, -0.2) is 68.5 Å². The largest absolute Gasteiger partial charge is 0.366 e. The lowest BCUT2D eigenvalue weighted by Crippen LogP contribution is -2.48. The number of nitrogens with one attached hydrogen (secondary N) is 4. The Morgan fingerprint density at radius 3 is 1.34 bits per heavy atom. The van der Waals surface area contributed by atoms with Gasteiger partial charge < -0.3 is 32.1 Å². The first kappa shape index (κ1) is 32.0. The lowest BCUT2D eigenvalue weighted by atomic mass is 9.90. The molecule has 0 aliphatic carbocycles. The highest BCUT2D eigenvalue weighted by Gasteiger charge is 2.29. The van der Waals surface area contributed by atoms with E-state index in [1.807, 2.05) is 27.7 Å². The third-order valence-corrected chi connectivity index (χ3v) is 7.47. The Kier molecular flexibility index (Phi) is 10.2. The summed E-state index contributed by atoms with van der Waals surface area (Å²) in [6, 6.07) is 8.54. The molecular weight excluding hydrogens is 560 g/mol. The van der Waals surface area contributed by atoms with Crippen molar-refractivity contribution < 1.29 is 19.2 Å². The molecule has 2 aromatic carbocycles. The van der Waals surface area contributed by atoms with Crippen molar-refractivity contribution in [3.8, 4) is 22.5 Å². The van der Waals surface area contributed by atoms with Crippen molar-refractivity contribution in [1.29, 1.82) is 0 Å². The Balaban J connectivity index is 1.50. The number of primary amides is 2. The van der Waals surface area contributed by atoms with Gasteiger partial charge in [-0.1, -0.05) is 39.8 Å². The first-order valence-electron chi connectivity index (χ1n) is 14.4. The second kappa shape index (κ2) is 14.0. The van der Waals surface area contributed by atoms with Crippen LogP contribution in [0.25, 0.3) is 22.5 Å². The van der Waals surface area contributed by atoms with Crippen molar-refractivity contribution in [2.45, 2.75) is 39.8 Å². The number of carbonyl (C=O) groups excluding carboxylic acids is 4. The number of hydrogen-bond donors (Lipinski definition) is 6. The molecule has 0 aliphatic heterocycles. The second-order valence-electron chi connectivity index (χ2n) is 11.3. The molecule has 0 bridgehead atoms. The van der Waals surface area contributed by atoms with Crippen molar-refractivity contribution >= 4 is 23.4 Å². The van der Waals surface area contributed by atoms with Crippen LogP contribution < -0.4 is 22.1 Å². The van der Waals surface area contributed by atoms with E-state index in [1.165, 1.54) is 12.7 Å². The Labute approximate surface area is 255 Å². The molecule has 12 nitrogen and oxygen atoms in total. The molecule has 2 aromatic heterocycles. The van der Waals surface area contributed by atoms with E-state index in [4.69, 9.17) is 11.5 Å². The fourth-order valence-electron chi connectivity index (χ4n) is 5.14. The minimum absolute atomic E-state index is 0.120. The molecular formula is C32H38N8O4. The van der Waals surface area contributed by atoms with Gasteiger partial charge in [0.1, 0.15) is 0 Å². The van der Waals surface area contributed by atoms with Crippen LogP contribution in [0.1, 0.15) is 69.1 Å². The van der Waals surface area contributed by atoms with E-state index in [0.717, 1.165) is 0 Å². The van der Waals surface area contributed by atoms with E-state index < -0.39 is 23.9 Å². The van der Waals surface area contributed by atoms with Crippen LogP contribution in [0.2, 0.25) is 0 Å². The molecule has 4 rings (SSSR count). The summed E-state index contributed by atoms with van der Waals surface area (Å²) in [6.45, 7) is 8.31. The number of ketones is 2. The first-order chi connectivity index (χ1) is 21.0. The van der Waals surface area contributed by atoms with Crippen molar-refractivity contribution in [1.82, 2.24) is 30.6 Å². The third-order valence-electron chi connectivity index (χ3n) is 7.47. The van der Waals surface area contributed by atoms with Crippen LogP contribution in [0.3, 0.4) is 0 Å². The molecule has 230 valence electrons. The predicted molar refractivity (Wildman–Crippen MR) is 167 cm³/mol. The van der Waals surface area contributed by atoms with E-state index in [0.29, 0.717) is 35.6 Å². The van der Waals surface area contributed by atoms with Gasteiger partial charge in [-0.3, -0.25) is 19.2 Å². The molecule has 12 heteroatoms. The van der Waals surface area contributed by atoms with Crippen molar-refractivity contribution in [3.05, 3.63) is 83.7 Å². The number of carbonyl (C=O) groups is 4. The normalized spacial score (nSPS) is 12.8. The van der Waals surface area contributed by atoms with Crippen LogP contribution in [-0.2, 0) is 0 Å². The molecule has 2 amide bonds. The van der Waals surface area contributed by atoms with E-state index in [2.05, 4.69) is 30.6 Å². The standard InChI is InChI=1S/C32H38N8O4/c1-17(2)27(29(41)23-11-19(25-13-35-15-39-25)5-7-21(23)31(33)43)37-9-10-38-28(18(3)4)30(42)24-12-20(26-14-36-16-40-26)6-8-22(24)32(34)44/h5-8,11-18,27-28,37-38H,9-10H2,1-4H3,(H2,33,43)(H2,34,44)(H,35,39)(H,36,40). The minimum atomic E-state index is -0.695. The molecule has 0 aliphatic rings. The van der Waals surface area contributed by atoms with E-state index in [1.54, 1.807) is 48.8 Å². The van der Waals surface area contributed by atoms with Gasteiger partial charge in [-0.15, -0.1) is 0 Å². The number of amides is 2. The van der Waals surface area contributed by atoms with Crippen molar-refractivity contribution in [2.24, 2.45) is 23.3 Å². The molecule has 0 fully saturated rings. The number of aromatic nitrogens is 4. The van der Waals surface area contributed by atoms with Crippen LogP contribution in [0.15, 0.2) is 61.4 Å². The maximum atomic E-state index is 13.8. The van der Waals surface area contributed by atoms with Gasteiger partial charge in [0, 0.05) is 46.5 Å². The average molecular weight is 599 g/mol. The number of aromatic amines is 2. The number of benzene rings is 2. The number of imidazole rings is 2. The molecule has 2 heterocycles. The van der Waals surface area contributed by atoms with Crippen molar-refractivity contribution in [2.75, 3.05) is 13.1 Å². The molecule has 0 saturated heterocycles. The summed E-state index contributed by atoms with van der Waals surface area (Å²) in [5.74, 6) is -2.17. The number of nitrogens with zero attached hydrogens (tertiary/aromatic N) is 2. The highest BCUT2D eigenvalue weighted by Crippen LogP contribution is 2.24. The van der Waals surface area contributed by atoms with E-state index >= 15 is 0 Å². The SMILES string of the molecule is CC(C)C(NCCNC(C(=O)c1cc(-c2cnc[nH]2)ccc1C(N)=O)C(C)C)C(=O)c1cc(-c2cnc[nH]2)ccc1C(N)=O. The summed E-state index contributed by atoms with van der Waals surface area (Å²) < 4.78 is 0. The summed E-state index contributed by atoms with van der Waals surface area (Å²) in [7, 11) is 0. The monoisotopic (exact) mass is 598 g/mol. The zero-order chi connectivity index (χ0) is 32.0. The summed E-state index contributed by atoms with van der Waals surface area (Å²) in [6.07, 6.45) is 6.32. The van der Waals surface area contributed by atoms with Gasteiger partial charge in [-0.25, -0.2) is 9.97 Å². The quantitative estimate of drug-likeness (QED) is 0.0885. The summed E-state index contributed by atoms with van der Waals surface area (Å²) >= 11 is 0. The summed E-state index contributed by atoms with van der Waals surface area (Å²) in [4.78, 5) is 66.0. The van der Waals surface area contributed by atoms with Gasteiger partial charge in [0.15, 0.2) is 11.6 Å². The number of nitrogens with two attached hydrogens (primary N) is 2. The molecule has 2 unspecified atom stereocenters. The number of hydrogen-bond acceptors (Lipinski definition) is 8. The fraction of sp³-hybridized carbons (Fsp3) is 0.312. The van der Waals surface area contributed by atoms with E-state index in [9.17, 15) is 19.2 Å². The van der Waals surface area contributed by atoms with Crippen LogP contribution >= 0.6 is 0 Å². The van der Waals surface area contributed by atoms with Gasteiger partial charge in [0.2, 0.25) is 11.8 Å². The smallest absolute Gasteiger partial charge is 0.249 e. The molecule has 8 N–H and O–H groups in total. The van der Waals surface area contributed by atoms with Crippen LogP contribution in [0, 0.1) is 11.8 Å². The molecule has 0 saturated carbocycles. The Morgan fingerprint density at radius 1 is 0.659 bits per heavy atom. The lowest BCUT2D eigenvalue weighted by molar-refractivity contribution is 0.0892. The summed E-state index contributed by atoms with van der Waals surface area (Å²) in [5, 5.41) is 6.57. The van der Waals surface area contributed by atoms with Gasteiger partial charge in [-0.2, -0.15) is 0 Å². The zero-order valence-corrected chi connectivity index (χ0v) is 25.2. The lowest BCUT2D eigenvalue weighted by Gasteiger charge is -2.25. The highest BCUT2D eigenvalue weighted by atomic mass is 16.2. The summed E-state index contributed by atoms with van der Waals surface area (Å²) in [5.41, 5.74) is 14.7. The zero-order valence-electron chi connectivity index (χ0n) is 25.2. The first-order valence-corrected chi connectivity index (χ1v) is 14.4. The highest BCUT2D eigenvalue weighted by molar-refractivity contribution is 6.11. The molecule has 44 heavy (non-hydrogen) atoms. The third kappa shape index (κ3) is 7.16. The molecule has 0 radical (unpaired) electrons. The topological polar surface area (TPSA) is 202 Å². The number of Topliss-reactive ketones (excluding diaryl/α,β-unsaturated/α-hetero) is 2. The Morgan fingerprint density at radius 2 is 1.05 bits per heavy atom. The fourth-order valence-corrected chi connectivity index (χ4v) is 5.14. The molecule has 4 aromatic rings. The second-order valence-corrected chi connectivity index (χ2v) is 11.3. The van der Waals surface area contributed by atoms with Gasteiger partial charge in [-0.05, 0) is 36.1 Å². The maximum Gasteiger partial charge on any atom is 0.249 e. The van der Waals surface area contributed by atoms with Gasteiger partial charge in [0.05, 0.1) is 48.5 Å². The van der Waals surface area contributed by atoms with E-state index in [-0.39, 0.29) is 45.7 Å². The predicted octanol–water partition coefficient (Wildman–Crippen LogP) is 2.96. The molecule has 2 atom stereocenters. The minimum Gasteiger partial charge on any atom is -0.366 e. The van der Waals surface area contributed by atoms with Gasteiger partial charge in [0.25, 0.3) is 0 Å². The molecule has 0 spiro atoms.